The Kier molecular flexibility index (Phi) is 5.52. The summed E-state index contributed by atoms with van der Waals surface area (Å²) in [4.78, 5) is 34.0. The quantitative estimate of drug-likeness (QED) is 0.474. The number of nitrogens with one attached hydrogen (secondary N) is 2. The first kappa shape index (κ1) is 19.0. The average Bonchev–Trinajstić information content (AvgIpc) is 2.50. The molecule has 0 aromatic heterocycles. The minimum Gasteiger partial charge on any atom is -0.332 e. The summed E-state index contributed by atoms with van der Waals surface area (Å²) >= 11 is 5.08. The van der Waals surface area contributed by atoms with Crippen LogP contribution in [-0.2, 0) is 9.59 Å². The molecule has 1 aliphatic rings. The first-order chi connectivity index (χ1) is 11.6. The molecule has 2 N–H and O–H groups in total. The number of hydrogen-bond donors (Lipinski definition) is 2. The van der Waals surface area contributed by atoms with E-state index in [0.29, 0.717) is 12.1 Å². The van der Waals surface area contributed by atoms with Crippen molar-refractivity contribution in [3.8, 4) is 0 Å². The Labute approximate surface area is 151 Å². The molecule has 1 saturated carbocycles. The summed E-state index contributed by atoms with van der Waals surface area (Å²) in [6.07, 6.45) is 0.994. The van der Waals surface area contributed by atoms with Gasteiger partial charge in [0, 0.05) is 30.2 Å². The van der Waals surface area contributed by atoms with E-state index in [1.807, 2.05) is 13.8 Å². The highest BCUT2D eigenvalue weighted by atomic mass is 32.1. The molecule has 0 unspecified atom stereocenters. The zero-order valence-corrected chi connectivity index (χ0v) is 15.2. The van der Waals surface area contributed by atoms with E-state index in [4.69, 9.17) is 12.2 Å². The van der Waals surface area contributed by atoms with Gasteiger partial charge in [-0.25, -0.2) is 0 Å². The number of benzene rings is 1. The standard InChI is InChI=1S/C17H21N3O4S/c1-10(21)14-7-11(17(14,2)3)8-15(22)19-16(25)18-12-5-4-6-13(9-12)20(23)24/h4-6,9,11,14H,7-8H2,1-3H3,(H2,18,19,22,25)/t11-,14-/m1/s1. The van der Waals surface area contributed by atoms with Gasteiger partial charge in [0.2, 0.25) is 5.91 Å². The fraction of sp³-hybridized carbons (Fsp3) is 0.471. The first-order valence-corrected chi connectivity index (χ1v) is 8.38. The molecule has 0 heterocycles. The lowest BCUT2D eigenvalue weighted by Gasteiger charge is -2.51. The third kappa shape index (κ3) is 4.39. The third-order valence-corrected chi connectivity index (χ3v) is 5.16. The van der Waals surface area contributed by atoms with Crippen LogP contribution in [0.15, 0.2) is 24.3 Å². The van der Waals surface area contributed by atoms with Gasteiger partial charge < -0.3 is 10.6 Å². The van der Waals surface area contributed by atoms with E-state index in [0.717, 1.165) is 0 Å². The maximum Gasteiger partial charge on any atom is 0.271 e. The Morgan fingerprint density at radius 1 is 1.40 bits per heavy atom. The van der Waals surface area contributed by atoms with Crippen molar-refractivity contribution in [2.45, 2.75) is 33.6 Å². The molecular formula is C17H21N3O4S. The molecule has 2 rings (SSSR count). The molecule has 134 valence electrons. The number of amides is 1. The van der Waals surface area contributed by atoms with Crippen LogP contribution in [0.5, 0.6) is 0 Å². The normalized spacial score (nSPS) is 20.9. The molecule has 0 saturated heterocycles. The number of ketones is 1. The molecule has 1 aromatic rings. The SMILES string of the molecule is CC(=O)[C@H]1C[C@H](CC(=O)NC(=S)Nc2cccc([N+](=O)[O-])c2)C1(C)C. The van der Waals surface area contributed by atoms with E-state index >= 15 is 0 Å². The number of carbonyl (C=O) groups is 2. The lowest BCUT2D eigenvalue weighted by molar-refractivity contribution is -0.384. The molecule has 0 bridgehead atoms. The molecule has 1 aromatic carbocycles. The number of non-ortho nitro benzene ring substituents is 1. The third-order valence-electron chi connectivity index (χ3n) is 4.96. The van der Waals surface area contributed by atoms with Gasteiger partial charge >= 0.3 is 0 Å². The number of carbonyl (C=O) groups excluding carboxylic acids is 2. The Hall–Kier alpha value is -2.35. The van der Waals surface area contributed by atoms with E-state index in [2.05, 4.69) is 10.6 Å². The fourth-order valence-electron chi connectivity index (χ4n) is 3.31. The van der Waals surface area contributed by atoms with Crippen LogP contribution in [0.25, 0.3) is 0 Å². The van der Waals surface area contributed by atoms with Crippen LogP contribution >= 0.6 is 12.2 Å². The lowest BCUT2D eigenvalue weighted by atomic mass is 9.52. The van der Waals surface area contributed by atoms with Crippen LogP contribution in [0.3, 0.4) is 0 Å². The van der Waals surface area contributed by atoms with Crippen molar-refractivity contribution in [3.63, 3.8) is 0 Å². The summed E-state index contributed by atoms with van der Waals surface area (Å²) in [5.41, 5.74) is 0.170. The van der Waals surface area contributed by atoms with Crippen LogP contribution < -0.4 is 10.6 Å². The Morgan fingerprint density at radius 2 is 2.08 bits per heavy atom. The van der Waals surface area contributed by atoms with Crippen molar-refractivity contribution in [1.29, 1.82) is 0 Å². The first-order valence-electron chi connectivity index (χ1n) is 7.97. The molecule has 1 fully saturated rings. The van der Waals surface area contributed by atoms with Crippen LogP contribution in [0.4, 0.5) is 11.4 Å². The van der Waals surface area contributed by atoms with Gasteiger partial charge in [-0.1, -0.05) is 19.9 Å². The lowest BCUT2D eigenvalue weighted by Crippen LogP contribution is -2.50. The van der Waals surface area contributed by atoms with Crippen molar-refractivity contribution >= 4 is 40.4 Å². The van der Waals surface area contributed by atoms with E-state index in [9.17, 15) is 19.7 Å². The number of Topliss-reactive ketones (excluding diaryl/α,β-unsaturated/α-hetero) is 1. The van der Waals surface area contributed by atoms with Crippen LogP contribution in [0.1, 0.15) is 33.6 Å². The topological polar surface area (TPSA) is 101 Å². The van der Waals surface area contributed by atoms with Crippen molar-refractivity contribution < 1.29 is 14.5 Å². The Morgan fingerprint density at radius 3 is 2.64 bits per heavy atom. The maximum atomic E-state index is 12.2. The largest absolute Gasteiger partial charge is 0.332 e. The number of nitro benzene ring substituents is 1. The van der Waals surface area contributed by atoms with Crippen LogP contribution in [0.2, 0.25) is 0 Å². The molecular weight excluding hydrogens is 342 g/mol. The second kappa shape index (κ2) is 7.26. The number of nitro groups is 1. The predicted octanol–water partition coefficient (Wildman–Crippen LogP) is 3.05. The maximum absolute atomic E-state index is 12.2. The van der Waals surface area contributed by atoms with Gasteiger partial charge in [0.25, 0.3) is 5.69 Å². The number of thiocarbonyl (C=S) groups is 1. The summed E-state index contributed by atoms with van der Waals surface area (Å²) in [7, 11) is 0. The van der Waals surface area contributed by atoms with Crippen molar-refractivity contribution in [2.75, 3.05) is 5.32 Å². The van der Waals surface area contributed by atoms with Gasteiger partial charge in [0.1, 0.15) is 5.78 Å². The second-order valence-corrected chi connectivity index (χ2v) is 7.34. The van der Waals surface area contributed by atoms with Gasteiger partial charge in [0.05, 0.1) is 4.92 Å². The highest BCUT2D eigenvalue weighted by Gasteiger charge is 2.50. The molecule has 7 nitrogen and oxygen atoms in total. The molecule has 8 heteroatoms. The predicted molar refractivity (Wildman–Crippen MR) is 98.1 cm³/mol. The second-order valence-electron chi connectivity index (χ2n) is 6.93. The van der Waals surface area contributed by atoms with E-state index in [-0.39, 0.29) is 46.2 Å². The van der Waals surface area contributed by atoms with Crippen LogP contribution in [-0.4, -0.2) is 21.7 Å². The highest BCUT2D eigenvalue weighted by Crippen LogP contribution is 2.53. The molecule has 0 aliphatic heterocycles. The molecule has 0 radical (unpaired) electrons. The van der Waals surface area contributed by atoms with Gasteiger partial charge in [-0.15, -0.1) is 0 Å². The molecule has 2 atom stereocenters. The Balaban J connectivity index is 1.87. The number of nitrogens with zero attached hydrogens (tertiary/aromatic N) is 1. The summed E-state index contributed by atoms with van der Waals surface area (Å²) in [5, 5.41) is 16.2. The van der Waals surface area contributed by atoms with E-state index < -0.39 is 4.92 Å². The zero-order valence-electron chi connectivity index (χ0n) is 14.4. The molecule has 1 aliphatic carbocycles. The van der Waals surface area contributed by atoms with Gasteiger partial charge in [-0.2, -0.15) is 0 Å². The highest BCUT2D eigenvalue weighted by molar-refractivity contribution is 7.80. The number of hydrogen-bond acceptors (Lipinski definition) is 5. The van der Waals surface area contributed by atoms with Gasteiger partial charge in [0.15, 0.2) is 5.11 Å². The molecule has 0 spiro atoms. The molecule has 1 amide bonds. The van der Waals surface area contributed by atoms with Crippen molar-refractivity contribution in [3.05, 3.63) is 34.4 Å². The minimum absolute atomic E-state index is 0.000226. The minimum atomic E-state index is -0.503. The van der Waals surface area contributed by atoms with Crippen LogP contribution in [0, 0.1) is 27.4 Å². The van der Waals surface area contributed by atoms with E-state index in [1.54, 1.807) is 13.0 Å². The van der Waals surface area contributed by atoms with E-state index in [1.165, 1.54) is 18.2 Å². The summed E-state index contributed by atoms with van der Waals surface area (Å²) < 4.78 is 0. The number of anilines is 1. The zero-order chi connectivity index (χ0) is 18.8. The summed E-state index contributed by atoms with van der Waals surface area (Å²) in [5.74, 6) is 0.0507. The summed E-state index contributed by atoms with van der Waals surface area (Å²) in [6.45, 7) is 5.58. The number of rotatable bonds is 5. The smallest absolute Gasteiger partial charge is 0.271 e. The summed E-state index contributed by atoms with van der Waals surface area (Å²) in [6, 6.07) is 5.86. The van der Waals surface area contributed by atoms with Gasteiger partial charge in [-0.3, -0.25) is 19.7 Å². The van der Waals surface area contributed by atoms with Crippen molar-refractivity contribution in [1.82, 2.24) is 5.32 Å². The average molecular weight is 363 g/mol. The fourth-order valence-corrected chi connectivity index (χ4v) is 3.54. The Bertz CT molecular complexity index is 732. The monoisotopic (exact) mass is 363 g/mol. The van der Waals surface area contributed by atoms with Crippen molar-refractivity contribution in [2.24, 2.45) is 17.3 Å². The molecule has 25 heavy (non-hydrogen) atoms. The van der Waals surface area contributed by atoms with Gasteiger partial charge in [-0.05, 0) is 43.0 Å².